The van der Waals surface area contributed by atoms with Crippen molar-refractivity contribution >= 4 is 0 Å². The van der Waals surface area contributed by atoms with Gasteiger partial charge in [-0.05, 0) is 36.2 Å². The Bertz CT molecular complexity index is 456. The highest BCUT2D eigenvalue weighted by Crippen LogP contribution is 2.10. The summed E-state index contributed by atoms with van der Waals surface area (Å²) in [6, 6.07) is 10.3. The van der Waals surface area contributed by atoms with Crippen LogP contribution in [0.4, 0.5) is 4.39 Å². The predicted molar refractivity (Wildman–Crippen MR) is 63.6 cm³/mol. The van der Waals surface area contributed by atoms with Crippen LogP contribution >= 0.6 is 0 Å². The second-order valence-electron chi connectivity index (χ2n) is 3.98. The number of furan rings is 1. The zero-order chi connectivity index (χ0) is 12.1. The summed E-state index contributed by atoms with van der Waals surface area (Å²) in [6.07, 6.45) is 2.97. The molecule has 1 unspecified atom stereocenters. The zero-order valence-corrected chi connectivity index (χ0v) is 9.40. The lowest BCUT2D eigenvalue weighted by Crippen LogP contribution is -2.38. The highest BCUT2D eigenvalue weighted by Gasteiger charge is 2.10. The Labute approximate surface area is 99.4 Å². The van der Waals surface area contributed by atoms with Crippen LogP contribution in [0.1, 0.15) is 11.3 Å². The summed E-state index contributed by atoms with van der Waals surface area (Å²) < 4.78 is 18.3. The molecule has 0 fully saturated rings. The van der Waals surface area contributed by atoms with Crippen LogP contribution < -0.4 is 11.3 Å². The third kappa shape index (κ3) is 3.41. The first-order chi connectivity index (χ1) is 8.28. The summed E-state index contributed by atoms with van der Waals surface area (Å²) in [4.78, 5) is 0. The Kier molecular flexibility index (Phi) is 3.90. The van der Waals surface area contributed by atoms with E-state index in [-0.39, 0.29) is 11.9 Å². The van der Waals surface area contributed by atoms with Gasteiger partial charge in [-0.15, -0.1) is 0 Å². The molecular formula is C13H15FN2O. The smallest absolute Gasteiger partial charge is 0.123 e. The molecule has 0 amide bonds. The maximum absolute atomic E-state index is 13.0. The molecule has 90 valence electrons. The monoisotopic (exact) mass is 234 g/mol. The molecule has 2 aromatic rings. The molecule has 0 aliphatic heterocycles. The molecule has 3 N–H and O–H groups in total. The van der Waals surface area contributed by atoms with Crippen LogP contribution in [-0.4, -0.2) is 6.04 Å². The lowest BCUT2D eigenvalue weighted by atomic mass is 10.0. The highest BCUT2D eigenvalue weighted by molar-refractivity contribution is 5.18. The van der Waals surface area contributed by atoms with Crippen molar-refractivity contribution in [1.82, 2.24) is 5.43 Å². The first-order valence-electron chi connectivity index (χ1n) is 5.51. The average Bonchev–Trinajstić information content (AvgIpc) is 2.81. The van der Waals surface area contributed by atoms with E-state index in [2.05, 4.69) is 5.43 Å². The minimum Gasteiger partial charge on any atom is -0.469 e. The third-order valence-electron chi connectivity index (χ3n) is 2.63. The van der Waals surface area contributed by atoms with E-state index >= 15 is 0 Å². The van der Waals surface area contributed by atoms with E-state index in [4.69, 9.17) is 10.3 Å². The number of hydrogen-bond donors (Lipinski definition) is 2. The quantitative estimate of drug-likeness (QED) is 0.615. The summed E-state index contributed by atoms with van der Waals surface area (Å²) in [7, 11) is 0. The number of nitrogens with one attached hydrogen (secondary N) is 1. The van der Waals surface area contributed by atoms with Gasteiger partial charge in [-0.3, -0.25) is 11.3 Å². The normalized spacial score (nSPS) is 12.6. The van der Waals surface area contributed by atoms with E-state index in [1.807, 2.05) is 18.2 Å². The molecule has 1 heterocycles. The fourth-order valence-corrected chi connectivity index (χ4v) is 1.81. The summed E-state index contributed by atoms with van der Waals surface area (Å²) in [6.45, 7) is 0. The Morgan fingerprint density at radius 3 is 2.76 bits per heavy atom. The molecule has 0 bridgehead atoms. The Morgan fingerprint density at radius 1 is 1.24 bits per heavy atom. The highest BCUT2D eigenvalue weighted by atomic mass is 19.1. The van der Waals surface area contributed by atoms with Gasteiger partial charge in [0.2, 0.25) is 0 Å². The van der Waals surface area contributed by atoms with Gasteiger partial charge in [0.1, 0.15) is 11.6 Å². The molecule has 17 heavy (non-hydrogen) atoms. The number of benzene rings is 1. The molecule has 0 saturated heterocycles. The third-order valence-corrected chi connectivity index (χ3v) is 2.63. The summed E-state index contributed by atoms with van der Waals surface area (Å²) >= 11 is 0. The Hall–Kier alpha value is -1.65. The van der Waals surface area contributed by atoms with Crippen molar-refractivity contribution in [2.45, 2.75) is 18.9 Å². The Balaban J connectivity index is 2.00. The van der Waals surface area contributed by atoms with Crippen LogP contribution in [0.15, 0.2) is 47.1 Å². The number of halogens is 1. The minimum absolute atomic E-state index is 0.0305. The average molecular weight is 234 g/mol. The number of hydrazine groups is 1. The van der Waals surface area contributed by atoms with Gasteiger partial charge >= 0.3 is 0 Å². The van der Waals surface area contributed by atoms with E-state index in [9.17, 15) is 4.39 Å². The first kappa shape index (κ1) is 11.8. The second-order valence-corrected chi connectivity index (χ2v) is 3.98. The Morgan fingerprint density at radius 2 is 2.12 bits per heavy atom. The maximum Gasteiger partial charge on any atom is 0.123 e. The summed E-state index contributed by atoms with van der Waals surface area (Å²) in [5.41, 5.74) is 3.64. The molecule has 1 aromatic heterocycles. The lowest BCUT2D eigenvalue weighted by molar-refractivity contribution is 0.444. The number of hydrogen-bond acceptors (Lipinski definition) is 3. The van der Waals surface area contributed by atoms with Crippen LogP contribution in [0.25, 0.3) is 0 Å². The molecule has 3 nitrogen and oxygen atoms in total. The SMILES string of the molecule is NNC(Cc1cccc(F)c1)Cc1ccco1. The largest absolute Gasteiger partial charge is 0.469 e. The molecule has 1 atom stereocenters. The fraction of sp³-hybridized carbons (Fsp3) is 0.231. The van der Waals surface area contributed by atoms with Crippen molar-refractivity contribution in [3.05, 3.63) is 59.8 Å². The fourth-order valence-electron chi connectivity index (χ4n) is 1.81. The van der Waals surface area contributed by atoms with E-state index in [1.165, 1.54) is 12.1 Å². The van der Waals surface area contributed by atoms with Crippen LogP contribution in [0.5, 0.6) is 0 Å². The van der Waals surface area contributed by atoms with Gasteiger partial charge in [0.25, 0.3) is 0 Å². The second kappa shape index (κ2) is 5.61. The van der Waals surface area contributed by atoms with Gasteiger partial charge in [-0.2, -0.15) is 0 Å². The molecule has 0 aliphatic rings. The summed E-state index contributed by atoms with van der Waals surface area (Å²) in [5, 5.41) is 0. The molecule has 2 rings (SSSR count). The van der Waals surface area contributed by atoms with Crippen molar-refractivity contribution in [2.75, 3.05) is 0 Å². The molecule has 0 aliphatic carbocycles. The maximum atomic E-state index is 13.0. The van der Waals surface area contributed by atoms with E-state index < -0.39 is 0 Å². The summed E-state index contributed by atoms with van der Waals surface area (Å²) in [5.74, 6) is 6.13. The molecule has 0 radical (unpaired) electrons. The standard InChI is InChI=1S/C13H15FN2O/c14-11-4-1-3-10(7-11)8-12(16-15)9-13-5-2-6-17-13/h1-7,12,16H,8-9,15H2. The van der Waals surface area contributed by atoms with Crippen molar-refractivity contribution in [2.24, 2.45) is 5.84 Å². The minimum atomic E-state index is -0.226. The molecule has 0 saturated carbocycles. The van der Waals surface area contributed by atoms with Gasteiger partial charge < -0.3 is 4.42 Å². The van der Waals surface area contributed by atoms with Gasteiger partial charge in [0.05, 0.1) is 6.26 Å². The van der Waals surface area contributed by atoms with Crippen molar-refractivity contribution in [1.29, 1.82) is 0 Å². The molecule has 1 aromatic carbocycles. The zero-order valence-electron chi connectivity index (χ0n) is 9.40. The van der Waals surface area contributed by atoms with Gasteiger partial charge in [-0.1, -0.05) is 12.1 Å². The van der Waals surface area contributed by atoms with Gasteiger partial charge in [-0.25, -0.2) is 4.39 Å². The number of rotatable bonds is 5. The van der Waals surface area contributed by atoms with Crippen molar-refractivity contribution in [3.8, 4) is 0 Å². The topological polar surface area (TPSA) is 51.2 Å². The first-order valence-corrected chi connectivity index (χ1v) is 5.51. The van der Waals surface area contributed by atoms with E-state index in [1.54, 1.807) is 12.3 Å². The molecular weight excluding hydrogens is 219 g/mol. The van der Waals surface area contributed by atoms with E-state index in [0.717, 1.165) is 11.3 Å². The van der Waals surface area contributed by atoms with Crippen molar-refractivity contribution < 1.29 is 8.81 Å². The lowest BCUT2D eigenvalue weighted by Gasteiger charge is -2.14. The van der Waals surface area contributed by atoms with Gasteiger partial charge in [0.15, 0.2) is 0 Å². The van der Waals surface area contributed by atoms with Crippen LogP contribution in [0.3, 0.4) is 0 Å². The number of nitrogens with two attached hydrogens (primary N) is 1. The van der Waals surface area contributed by atoms with Crippen molar-refractivity contribution in [3.63, 3.8) is 0 Å². The van der Waals surface area contributed by atoms with Crippen LogP contribution in [0, 0.1) is 5.82 Å². The van der Waals surface area contributed by atoms with E-state index in [0.29, 0.717) is 12.8 Å². The van der Waals surface area contributed by atoms with Crippen LogP contribution in [0.2, 0.25) is 0 Å². The van der Waals surface area contributed by atoms with Gasteiger partial charge in [0, 0.05) is 12.5 Å². The van der Waals surface area contributed by atoms with Crippen LogP contribution in [-0.2, 0) is 12.8 Å². The molecule has 4 heteroatoms. The predicted octanol–water partition coefficient (Wildman–Crippen LogP) is 2.04. The molecule has 0 spiro atoms.